The summed E-state index contributed by atoms with van der Waals surface area (Å²) in [5, 5.41) is 3.14. The van der Waals surface area contributed by atoms with Gasteiger partial charge in [-0.3, -0.25) is 13.9 Å². The molecule has 0 bridgehead atoms. The number of carbonyl (C=O) groups is 2. The first-order chi connectivity index (χ1) is 20.1. The standard InChI is InChI=1S/C34H43N3O4S/c1-25(2)29-19-21-31(22-20-29)37(42(40,41)32-13-9-6-10-14-32)24-33(38)36(23-28-17-15-26(3)16-18-28)27(4)34(39)35-30-11-7-5-8-12-30/h6,9-10,13-22,25,27,30H,5,7-8,11-12,23-24H2,1-4H3,(H,35,39). The zero-order valence-electron chi connectivity index (χ0n) is 25.1. The maximum Gasteiger partial charge on any atom is 0.264 e. The third-order valence-electron chi connectivity index (χ3n) is 8.05. The van der Waals surface area contributed by atoms with Crippen molar-refractivity contribution in [2.45, 2.75) is 89.2 Å². The molecule has 1 aliphatic carbocycles. The molecule has 8 heteroatoms. The summed E-state index contributed by atoms with van der Waals surface area (Å²) in [4.78, 5) is 29.2. The molecule has 224 valence electrons. The highest BCUT2D eigenvalue weighted by atomic mass is 32.2. The molecule has 1 fully saturated rings. The minimum atomic E-state index is -4.08. The van der Waals surface area contributed by atoms with Crippen LogP contribution in [0.5, 0.6) is 0 Å². The lowest BCUT2D eigenvalue weighted by Gasteiger charge is -2.33. The van der Waals surface area contributed by atoms with E-state index in [2.05, 4.69) is 19.2 Å². The molecule has 1 aliphatic rings. The van der Waals surface area contributed by atoms with Gasteiger partial charge in [-0.1, -0.05) is 93.3 Å². The van der Waals surface area contributed by atoms with Gasteiger partial charge in [-0.05, 0) is 68.0 Å². The van der Waals surface area contributed by atoms with E-state index in [1.54, 1.807) is 37.3 Å². The van der Waals surface area contributed by atoms with Crippen molar-refractivity contribution in [3.8, 4) is 0 Å². The number of benzene rings is 3. The number of sulfonamides is 1. The highest BCUT2D eigenvalue weighted by Crippen LogP contribution is 2.27. The number of nitrogens with zero attached hydrogens (tertiary/aromatic N) is 2. The molecule has 1 N–H and O–H groups in total. The average molecular weight is 590 g/mol. The van der Waals surface area contributed by atoms with Crippen LogP contribution >= 0.6 is 0 Å². The SMILES string of the molecule is Cc1ccc(CN(C(=O)CN(c2ccc(C(C)C)cc2)S(=O)(=O)c2ccccc2)C(C)C(=O)NC2CCCCC2)cc1. The minimum absolute atomic E-state index is 0.0962. The average Bonchev–Trinajstić information content (AvgIpc) is 3.00. The molecule has 3 aromatic rings. The van der Waals surface area contributed by atoms with Crippen molar-refractivity contribution in [2.75, 3.05) is 10.8 Å². The fraction of sp³-hybridized carbons (Fsp3) is 0.412. The number of hydrogen-bond acceptors (Lipinski definition) is 4. The van der Waals surface area contributed by atoms with E-state index < -0.39 is 28.5 Å². The van der Waals surface area contributed by atoms with Gasteiger partial charge >= 0.3 is 0 Å². The van der Waals surface area contributed by atoms with Gasteiger partial charge < -0.3 is 10.2 Å². The van der Waals surface area contributed by atoms with E-state index >= 15 is 0 Å². The number of nitrogens with one attached hydrogen (secondary N) is 1. The highest BCUT2D eigenvalue weighted by Gasteiger charge is 2.33. The third kappa shape index (κ3) is 7.79. The molecule has 1 atom stereocenters. The molecule has 7 nitrogen and oxygen atoms in total. The van der Waals surface area contributed by atoms with Crippen molar-refractivity contribution in [2.24, 2.45) is 0 Å². The second-order valence-corrected chi connectivity index (χ2v) is 13.5. The van der Waals surface area contributed by atoms with Crippen molar-refractivity contribution >= 4 is 27.5 Å². The molecule has 0 heterocycles. The van der Waals surface area contributed by atoms with Gasteiger partial charge in [0.25, 0.3) is 10.0 Å². The molecule has 0 aliphatic heterocycles. The molecule has 0 spiro atoms. The Morgan fingerprint density at radius 1 is 0.857 bits per heavy atom. The number of aryl methyl sites for hydroxylation is 1. The van der Waals surface area contributed by atoms with Gasteiger partial charge in [0.05, 0.1) is 10.6 Å². The maximum atomic E-state index is 14.1. The van der Waals surface area contributed by atoms with Crippen molar-refractivity contribution in [3.05, 3.63) is 95.6 Å². The number of rotatable bonds is 11. The monoisotopic (exact) mass is 589 g/mol. The van der Waals surface area contributed by atoms with E-state index in [0.29, 0.717) is 5.69 Å². The van der Waals surface area contributed by atoms with Crippen LogP contribution in [-0.4, -0.2) is 43.8 Å². The largest absolute Gasteiger partial charge is 0.352 e. The van der Waals surface area contributed by atoms with Gasteiger partial charge in [0, 0.05) is 12.6 Å². The molecule has 0 radical (unpaired) electrons. The summed E-state index contributed by atoms with van der Waals surface area (Å²) in [6, 6.07) is 22.5. The summed E-state index contributed by atoms with van der Waals surface area (Å²) in [5.74, 6) is -0.399. The normalized spacial score (nSPS) is 14.8. The Bertz CT molecular complexity index is 1430. The second kappa shape index (κ2) is 14.0. The van der Waals surface area contributed by atoms with Crippen molar-refractivity contribution in [1.29, 1.82) is 0 Å². The summed E-state index contributed by atoms with van der Waals surface area (Å²) < 4.78 is 29.1. The Labute approximate surface area is 251 Å². The van der Waals surface area contributed by atoms with Gasteiger partial charge in [0.2, 0.25) is 11.8 Å². The van der Waals surface area contributed by atoms with Crippen molar-refractivity contribution in [1.82, 2.24) is 10.2 Å². The maximum absolute atomic E-state index is 14.1. The van der Waals surface area contributed by atoms with Gasteiger partial charge in [0.15, 0.2) is 0 Å². The molecule has 42 heavy (non-hydrogen) atoms. The predicted molar refractivity (Wildman–Crippen MR) is 168 cm³/mol. The van der Waals surface area contributed by atoms with Crippen molar-refractivity contribution < 1.29 is 18.0 Å². The van der Waals surface area contributed by atoms with Crippen LogP contribution in [0, 0.1) is 6.92 Å². The number of amides is 2. The predicted octanol–water partition coefficient (Wildman–Crippen LogP) is 6.18. The molecule has 3 aromatic carbocycles. The van der Waals surface area contributed by atoms with Crippen LogP contribution in [0.25, 0.3) is 0 Å². The Hall–Kier alpha value is -3.65. The van der Waals surface area contributed by atoms with Crippen LogP contribution in [-0.2, 0) is 26.2 Å². The second-order valence-electron chi connectivity index (χ2n) is 11.6. The lowest BCUT2D eigenvalue weighted by Crippen LogP contribution is -2.53. The number of carbonyl (C=O) groups excluding carboxylic acids is 2. The van der Waals surface area contributed by atoms with E-state index in [0.717, 1.165) is 46.7 Å². The van der Waals surface area contributed by atoms with Crippen LogP contribution in [0.3, 0.4) is 0 Å². The highest BCUT2D eigenvalue weighted by molar-refractivity contribution is 7.92. The first kappa shape index (κ1) is 31.3. The Kier molecular flexibility index (Phi) is 10.4. The first-order valence-corrected chi connectivity index (χ1v) is 16.3. The zero-order valence-corrected chi connectivity index (χ0v) is 25.9. The summed E-state index contributed by atoms with van der Waals surface area (Å²) in [5.41, 5.74) is 3.41. The summed E-state index contributed by atoms with van der Waals surface area (Å²) in [6.07, 6.45) is 5.18. The smallest absolute Gasteiger partial charge is 0.264 e. The summed E-state index contributed by atoms with van der Waals surface area (Å²) in [6.45, 7) is 7.59. The fourth-order valence-corrected chi connectivity index (χ4v) is 6.75. The van der Waals surface area contributed by atoms with Crippen LogP contribution in [0.2, 0.25) is 0 Å². The summed E-state index contributed by atoms with van der Waals surface area (Å²) >= 11 is 0. The van der Waals surface area contributed by atoms with Gasteiger partial charge in [-0.25, -0.2) is 8.42 Å². The molecular weight excluding hydrogens is 546 g/mol. The minimum Gasteiger partial charge on any atom is -0.352 e. The van der Waals surface area contributed by atoms with Crippen LogP contribution < -0.4 is 9.62 Å². The van der Waals surface area contributed by atoms with E-state index in [4.69, 9.17) is 0 Å². The molecular formula is C34H43N3O4S. The van der Waals surface area contributed by atoms with Crippen LogP contribution in [0.4, 0.5) is 5.69 Å². The Morgan fingerprint density at radius 2 is 1.48 bits per heavy atom. The topological polar surface area (TPSA) is 86.8 Å². The quantitative estimate of drug-likeness (QED) is 0.289. The molecule has 4 rings (SSSR count). The van der Waals surface area contributed by atoms with Crippen LogP contribution in [0.15, 0.2) is 83.8 Å². The van der Waals surface area contributed by atoms with E-state index in [9.17, 15) is 18.0 Å². The first-order valence-electron chi connectivity index (χ1n) is 14.9. The lowest BCUT2D eigenvalue weighted by atomic mass is 9.95. The van der Waals surface area contributed by atoms with Gasteiger partial charge in [-0.2, -0.15) is 0 Å². The third-order valence-corrected chi connectivity index (χ3v) is 9.84. The van der Waals surface area contributed by atoms with Gasteiger partial charge in [0.1, 0.15) is 12.6 Å². The molecule has 0 saturated heterocycles. The Balaban J connectivity index is 1.67. The van der Waals surface area contributed by atoms with Gasteiger partial charge in [-0.15, -0.1) is 0 Å². The zero-order chi connectivity index (χ0) is 30.3. The summed E-state index contributed by atoms with van der Waals surface area (Å²) in [7, 11) is -4.08. The molecule has 2 amide bonds. The Morgan fingerprint density at radius 3 is 2.07 bits per heavy atom. The molecule has 1 unspecified atom stereocenters. The lowest BCUT2D eigenvalue weighted by molar-refractivity contribution is -0.139. The number of hydrogen-bond donors (Lipinski definition) is 1. The van der Waals surface area contributed by atoms with Crippen molar-refractivity contribution in [3.63, 3.8) is 0 Å². The van der Waals surface area contributed by atoms with E-state index in [1.165, 1.54) is 23.5 Å². The van der Waals surface area contributed by atoms with Crippen LogP contribution in [0.1, 0.15) is 75.5 Å². The molecule has 1 saturated carbocycles. The van der Waals surface area contributed by atoms with E-state index in [-0.39, 0.29) is 29.3 Å². The number of anilines is 1. The van der Waals surface area contributed by atoms with E-state index in [1.807, 2.05) is 43.3 Å². The molecule has 0 aromatic heterocycles. The fourth-order valence-electron chi connectivity index (χ4n) is 5.32.